The highest BCUT2D eigenvalue weighted by molar-refractivity contribution is 5.66. The summed E-state index contributed by atoms with van der Waals surface area (Å²) in [6, 6.07) is 22.7. The van der Waals surface area contributed by atoms with Crippen LogP contribution in [0.3, 0.4) is 0 Å². The van der Waals surface area contributed by atoms with Gasteiger partial charge in [0.1, 0.15) is 5.75 Å². The molecule has 2 aromatic heterocycles. The number of hydrogen-bond donors (Lipinski definition) is 0. The summed E-state index contributed by atoms with van der Waals surface area (Å²) < 4.78 is 7.15. The molecule has 4 heteroatoms. The predicted octanol–water partition coefficient (Wildman–Crippen LogP) is 3.87. The number of hydrogen-bond acceptors (Lipinski definition) is 3. The summed E-state index contributed by atoms with van der Waals surface area (Å²) in [5.41, 5.74) is 4.67. The molecule has 0 saturated heterocycles. The summed E-state index contributed by atoms with van der Waals surface area (Å²) in [6.45, 7) is 0. The van der Waals surface area contributed by atoms with Gasteiger partial charge in [0.15, 0.2) is 5.65 Å². The van der Waals surface area contributed by atoms with E-state index in [1.54, 1.807) is 7.11 Å². The molecule has 0 aliphatic carbocycles. The number of nitrogens with zero attached hydrogens (tertiary/aromatic N) is 3. The zero-order valence-electron chi connectivity index (χ0n) is 12.6. The van der Waals surface area contributed by atoms with Crippen molar-refractivity contribution in [2.45, 2.75) is 0 Å². The highest BCUT2D eigenvalue weighted by Crippen LogP contribution is 2.24. The van der Waals surface area contributed by atoms with Gasteiger partial charge in [-0.25, -0.2) is 9.50 Å². The first kappa shape index (κ1) is 13.5. The summed E-state index contributed by atoms with van der Waals surface area (Å²) in [7, 11) is 1.66. The van der Waals surface area contributed by atoms with Gasteiger partial charge in [-0.3, -0.25) is 0 Å². The number of rotatable bonds is 3. The van der Waals surface area contributed by atoms with Crippen LogP contribution in [0, 0.1) is 6.07 Å². The molecule has 4 nitrogen and oxygen atoms in total. The lowest BCUT2D eigenvalue weighted by Gasteiger charge is -2.06. The Morgan fingerprint density at radius 3 is 2.78 bits per heavy atom. The number of methoxy groups -OCH3 is 1. The average Bonchev–Trinajstić information content (AvgIpc) is 3.05. The minimum Gasteiger partial charge on any atom is -0.497 e. The van der Waals surface area contributed by atoms with E-state index < -0.39 is 0 Å². The lowest BCUT2D eigenvalue weighted by Crippen LogP contribution is -1.96. The van der Waals surface area contributed by atoms with Crippen molar-refractivity contribution in [1.29, 1.82) is 0 Å². The van der Waals surface area contributed by atoms with E-state index in [0.717, 1.165) is 33.9 Å². The average molecular weight is 300 g/mol. The molecule has 0 atom stereocenters. The first-order valence-electron chi connectivity index (χ1n) is 7.31. The van der Waals surface area contributed by atoms with E-state index in [0.29, 0.717) is 0 Å². The molecule has 0 unspecified atom stereocenters. The van der Waals surface area contributed by atoms with E-state index in [-0.39, 0.29) is 0 Å². The fourth-order valence-corrected chi connectivity index (χ4v) is 2.56. The molecule has 0 saturated carbocycles. The van der Waals surface area contributed by atoms with Crippen LogP contribution in [0.1, 0.15) is 0 Å². The van der Waals surface area contributed by atoms with Gasteiger partial charge in [-0.15, -0.1) is 0 Å². The van der Waals surface area contributed by atoms with Gasteiger partial charge < -0.3 is 4.74 Å². The first-order chi connectivity index (χ1) is 11.3. The summed E-state index contributed by atoms with van der Waals surface area (Å²) in [5, 5.41) is 4.74. The second-order valence-corrected chi connectivity index (χ2v) is 5.16. The molecule has 0 aliphatic rings. The van der Waals surface area contributed by atoms with Crippen LogP contribution in [0.15, 0.2) is 66.9 Å². The Bertz CT molecular complexity index is 961. The van der Waals surface area contributed by atoms with Crippen LogP contribution in [-0.2, 0) is 0 Å². The molecule has 2 aromatic carbocycles. The van der Waals surface area contributed by atoms with Gasteiger partial charge in [0.25, 0.3) is 0 Å². The fraction of sp³-hybridized carbons (Fsp3) is 0.0526. The topological polar surface area (TPSA) is 39.4 Å². The van der Waals surface area contributed by atoms with Gasteiger partial charge in [0.05, 0.1) is 24.7 Å². The molecule has 1 radical (unpaired) electrons. The number of ether oxygens (including phenoxy) is 1. The standard InChI is InChI=1S/C19H14N3O/c1-23-16-9-5-8-15(12-16)17-10-11-19-20-13-18(22(19)21-17)14-6-3-2-4-7-14/h2-3,5-13H,1H3. The summed E-state index contributed by atoms with van der Waals surface area (Å²) in [4.78, 5) is 4.43. The van der Waals surface area contributed by atoms with Crippen LogP contribution in [0.5, 0.6) is 5.75 Å². The Kier molecular flexibility index (Phi) is 3.27. The van der Waals surface area contributed by atoms with Crippen molar-refractivity contribution in [3.63, 3.8) is 0 Å². The maximum Gasteiger partial charge on any atom is 0.154 e. The fourth-order valence-electron chi connectivity index (χ4n) is 2.56. The minimum absolute atomic E-state index is 0.813. The quantitative estimate of drug-likeness (QED) is 0.576. The molecule has 0 bridgehead atoms. The molecule has 0 fully saturated rings. The third-order valence-electron chi connectivity index (χ3n) is 3.73. The molecule has 23 heavy (non-hydrogen) atoms. The number of imidazole rings is 1. The molecule has 0 spiro atoms. The highest BCUT2D eigenvalue weighted by Gasteiger charge is 2.09. The van der Waals surface area contributed by atoms with Crippen molar-refractivity contribution < 1.29 is 4.74 Å². The predicted molar refractivity (Wildman–Crippen MR) is 89.2 cm³/mol. The van der Waals surface area contributed by atoms with Crippen molar-refractivity contribution in [1.82, 2.24) is 14.6 Å². The monoisotopic (exact) mass is 300 g/mol. The molecule has 0 N–H and O–H groups in total. The molecule has 111 valence electrons. The Labute approximate surface area is 134 Å². The van der Waals surface area contributed by atoms with E-state index in [1.807, 2.05) is 71.4 Å². The van der Waals surface area contributed by atoms with Gasteiger partial charge >= 0.3 is 0 Å². The first-order valence-corrected chi connectivity index (χ1v) is 7.31. The van der Waals surface area contributed by atoms with Crippen LogP contribution in [0.25, 0.3) is 28.2 Å². The van der Waals surface area contributed by atoms with Gasteiger partial charge in [0.2, 0.25) is 0 Å². The molecule has 2 heterocycles. The maximum atomic E-state index is 5.29. The van der Waals surface area contributed by atoms with E-state index in [9.17, 15) is 0 Å². The van der Waals surface area contributed by atoms with Gasteiger partial charge in [0, 0.05) is 11.1 Å². The maximum absolute atomic E-state index is 5.29. The molecule has 0 amide bonds. The number of fused-ring (bicyclic) bond motifs is 1. The number of aromatic nitrogens is 3. The second-order valence-electron chi connectivity index (χ2n) is 5.16. The van der Waals surface area contributed by atoms with E-state index in [1.165, 1.54) is 0 Å². The largest absolute Gasteiger partial charge is 0.497 e. The summed E-state index contributed by atoms with van der Waals surface area (Å²) in [5.74, 6) is 0.813. The van der Waals surface area contributed by atoms with Crippen LogP contribution in [0.2, 0.25) is 0 Å². The SMILES string of the molecule is COc1cccc(-c2ccc3ncc(-c4c[c]ccc4)n3n2)c1. The van der Waals surface area contributed by atoms with Crippen LogP contribution < -0.4 is 4.74 Å². The Hall–Kier alpha value is -3.14. The van der Waals surface area contributed by atoms with Crippen molar-refractivity contribution in [2.24, 2.45) is 0 Å². The number of benzene rings is 2. The van der Waals surface area contributed by atoms with Gasteiger partial charge in [-0.05, 0) is 36.4 Å². The van der Waals surface area contributed by atoms with E-state index >= 15 is 0 Å². The summed E-state index contributed by atoms with van der Waals surface area (Å²) in [6.07, 6.45) is 1.83. The van der Waals surface area contributed by atoms with Crippen LogP contribution in [0.4, 0.5) is 0 Å². The van der Waals surface area contributed by atoms with Crippen molar-refractivity contribution >= 4 is 5.65 Å². The zero-order chi connectivity index (χ0) is 15.6. The third-order valence-corrected chi connectivity index (χ3v) is 3.73. The lowest BCUT2D eigenvalue weighted by atomic mass is 10.1. The second kappa shape index (κ2) is 5.57. The van der Waals surface area contributed by atoms with Crippen molar-refractivity contribution in [2.75, 3.05) is 7.11 Å². The molecular formula is C19H14N3O. The lowest BCUT2D eigenvalue weighted by molar-refractivity contribution is 0.415. The molecule has 4 rings (SSSR count). The van der Waals surface area contributed by atoms with E-state index in [2.05, 4.69) is 11.1 Å². The zero-order valence-corrected chi connectivity index (χ0v) is 12.6. The highest BCUT2D eigenvalue weighted by atomic mass is 16.5. The Morgan fingerprint density at radius 2 is 1.96 bits per heavy atom. The molecule has 4 aromatic rings. The van der Waals surface area contributed by atoms with E-state index in [4.69, 9.17) is 9.84 Å². The Morgan fingerprint density at radius 1 is 1.04 bits per heavy atom. The van der Waals surface area contributed by atoms with Crippen molar-refractivity contribution in [3.05, 3.63) is 72.9 Å². The van der Waals surface area contributed by atoms with Crippen molar-refractivity contribution in [3.8, 4) is 28.3 Å². The van der Waals surface area contributed by atoms with Gasteiger partial charge in [-0.2, -0.15) is 5.10 Å². The van der Waals surface area contributed by atoms with Crippen LogP contribution in [-0.4, -0.2) is 21.7 Å². The Balaban J connectivity index is 1.87. The summed E-state index contributed by atoms with van der Waals surface area (Å²) >= 11 is 0. The smallest absolute Gasteiger partial charge is 0.154 e. The third kappa shape index (κ3) is 2.44. The minimum atomic E-state index is 0.813. The molecular weight excluding hydrogens is 286 g/mol. The normalized spacial score (nSPS) is 10.8. The molecule has 0 aliphatic heterocycles. The van der Waals surface area contributed by atoms with Gasteiger partial charge in [-0.1, -0.05) is 30.3 Å². The van der Waals surface area contributed by atoms with Crippen LogP contribution >= 0.6 is 0 Å².